The second-order valence-corrected chi connectivity index (χ2v) is 7.52. The predicted molar refractivity (Wildman–Crippen MR) is 116 cm³/mol. The lowest BCUT2D eigenvalue weighted by atomic mass is 10.1. The number of ether oxygens (including phenoxy) is 1. The van der Waals surface area contributed by atoms with Gasteiger partial charge >= 0.3 is 6.09 Å². The Hall–Kier alpha value is -0.770. The van der Waals surface area contributed by atoms with Crippen molar-refractivity contribution in [1.29, 1.82) is 0 Å². The van der Waals surface area contributed by atoms with Crippen LogP contribution in [0, 0.1) is 5.92 Å². The molecule has 0 aromatic rings. The van der Waals surface area contributed by atoms with Crippen LogP contribution >= 0.6 is 24.0 Å². The fraction of sp³-hybridized carbons (Fsp3) is 0.889. The quantitative estimate of drug-likeness (QED) is 0.346. The van der Waals surface area contributed by atoms with Crippen molar-refractivity contribution in [2.45, 2.75) is 58.5 Å². The molecule has 0 aromatic carbocycles. The van der Waals surface area contributed by atoms with Gasteiger partial charge in [0, 0.05) is 31.7 Å². The second-order valence-electron chi connectivity index (χ2n) is 7.52. The van der Waals surface area contributed by atoms with Gasteiger partial charge in [0.05, 0.1) is 13.2 Å². The lowest BCUT2D eigenvalue weighted by Gasteiger charge is -2.32. The lowest BCUT2D eigenvalue weighted by Crippen LogP contribution is -2.48. The fourth-order valence-corrected chi connectivity index (χ4v) is 3.69. The van der Waals surface area contributed by atoms with E-state index < -0.39 is 0 Å². The van der Waals surface area contributed by atoms with E-state index in [2.05, 4.69) is 29.1 Å². The molecule has 7 nitrogen and oxygen atoms in total. The van der Waals surface area contributed by atoms with Crippen LogP contribution in [0.3, 0.4) is 0 Å². The van der Waals surface area contributed by atoms with Crippen LogP contribution in [0.15, 0.2) is 4.99 Å². The zero-order valence-electron chi connectivity index (χ0n) is 16.4. The smallest absolute Gasteiger partial charge is 0.409 e. The van der Waals surface area contributed by atoms with Crippen LogP contribution < -0.4 is 11.1 Å². The first-order valence-electron chi connectivity index (χ1n) is 9.71. The van der Waals surface area contributed by atoms with E-state index in [1.807, 2.05) is 6.92 Å². The Balaban J connectivity index is 0.00000338. The summed E-state index contributed by atoms with van der Waals surface area (Å²) in [5.74, 6) is 1.22. The van der Waals surface area contributed by atoms with Gasteiger partial charge < -0.3 is 20.7 Å². The van der Waals surface area contributed by atoms with Crippen LogP contribution in [0.1, 0.15) is 46.5 Å². The molecule has 0 bridgehead atoms. The highest BCUT2D eigenvalue weighted by Crippen LogP contribution is 2.19. The highest BCUT2D eigenvalue weighted by molar-refractivity contribution is 14.0. The molecule has 1 amide bonds. The van der Waals surface area contributed by atoms with Gasteiger partial charge in [-0.2, -0.15) is 0 Å². The minimum Gasteiger partial charge on any atom is -0.450 e. The third-order valence-electron chi connectivity index (χ3n) is 4.94. The van der Waals surface area contributed by atoms with Crippen molar-refractivity contribution >= 4 is 36.0 Å². The zero-order chi connectivity index (χ0) is 18.2. The third-order valence-corrected chi connectivity index (χ3v) is 4.94. The minimum atomic E-state index is -0.214. The number of piperidine rings is 1. The molecule has 0 aliphatic carbocycles. The fourth-order valence-electron chi connectivity index (χ4n) is 3.69. The van der Waals surface area contributed by atoms with Gasteiger partial charge in [-0.05, 0) is 45.1 Å². The number of nitrogens with one attached hydrogen (secondary N) is 1. The number of halogens is 1. The number of carbonyl (C=O) groups excluding carboxylic acids is 1. The molecular weight excluding hydrogens is 445 g/mol. The van der Waals surface area contributed by atoms with Crippen LogP contribution in [-0.2, 0) is 4.74 Å². The maximum Gasteiger partial charge on any atom is 0.409 e. The van der Waals surface area contributed by atoms with Gasteiger partial charge in [-0.1, -0.05) is 13.8 Å². The van der Waals surface area contributed by atoms with Gasteiger partial charge in [-0.25, -0.2) is 4.79 Å². The summed E-state index contributed by atoms with van der Waals surface area (Å²) in [4.78, 5) is 20.6. The molecule has 2 saturated heterocycles. The highest BCUT2D eigenvalue weighted by atomic mass is 127. The monoisotopic (exact) mass is 481 g/mol. The molecule has 0 radical (unpaired) electrons. The first-order chi connectivity index (χ1) is 12.0. The van der Waals surface area contributed by atoms with Crippen molar-refractivity contribution in [3.8, 4) is 0 Å². The highest BCUT2D eigenvalue weighted by Gasteiger charge is 2.25. The van der Waals surface area contributed by atoms with Crippen LogP contribution in [0.5, 0.6) is 0 Å². The van der Waals surface area contributed by atoms with Gasteiger partial charge in [0.15, 0.2) is 5.96 Å². The number of nitrogens with zero attached hydrogens (tertiary/aromatic N) is 3. The maximum absolute atomic E-state index is 11.7. The molecule has 0 spiro atoms. The summed E-state index contributed by atoms with van der Waals surface area (Å²) in [6, 6.07) is 0.804. The SMILES string of the molecule is CCOC(=O)N1CCC(NC(N)=NC[C@H]2CCCN2CC(C)C)CC1.I. The molecular formula is C18H36IN5O2. The molecule has 0 aromatic heterocycles. The van der Waals surface area contributed by atoms with Gasteiger partial charge in [0.1, 0.15) is 0 Å². The number of rotatable bonds is 6. The molecule has 0 saturated carbocycles. The molecule has 1 atom stereocenters. The Bertz CT molecular complexity index is 453. The first-order valence-corrected chi connectivity index (χ1v) is 9.71. The molecule has 152 valence electrons. The Morgan fingerprint density at radius 1 is 1.27 bits per heavy atom. The standard InChI is InChI=1S/C18H35N5O2.HI/c1-4-25-18(24)22-10-7-15(8-11-22)21-17(19)20-12-16-6-5-9-23(16)13-14(2)3;/h14-16H,4-13H2,1-3H3,(H3,19,20,21);1H/t16-;/m1./s1. The van der Waals surface area contributed by atoms with Crippen molar-refractivity contribution in [3.63, 3.8) is 0 Å². The Kier molecular flexibility index (Phi) is 10.6. The molecule has 8 heteroatoms. The van der Waals surface area contributed by atoms with Gasteiger partial charge in [0.2, 0.25) is 0 Å². The molecule has 26 heavy (non-hydrogen) atoms. The topological polar surface area (TPSA) is 83.2 Å². The Morgan fingerprint density at radius 2 is 1.96 bits per heavy atom. The normalized spacial score (nSPS) is 22.4. The van der Waals surface area contributed by atoms with Crippen LogP contribution in [0.2, 0.25) is 0 Å². The van der Waals surface area contributed by atoms with Crippen molar-refractivity contribution < 1.29 is 9.53 Å². The minimum absolute atomic E-state index is 0. The average Bonchev–Trinajstić information content (AvgIpc) is 3.00. The van der Waals surface area contributed by atoms with Crippen LogP contribution in [-0.4, -0.2) is 73.3 Å². The summed E-state index contributed by atoms with van der Waals surface area (Å²) in [5.41, 5.74) is 6.09. The Morgan fingerprint density at radius 3 is 2.58 bits per heavy atom. The second kappa shape index (κ2) is 11.8. The summed E-state index contributed by atoms with van der Waals surface area (Å²) in [6.07, 6.45) is 4.00. The molecule has 3 N–H and O–H groups in total. The van der Waals surface area contributed by atoms with Crippen molar-refractivity contribution in [1.82, 2.24) is 15.1 Å². The van der Waals surface area contributed by atoms with Gasteiger partial charge in [-0.15, -0.1) is 24.0 Å². The number of carbonyl (C=O) groups is 1. The first kappa shape index (κ1) is 23.3. The molecule has 2 aliphatic heterocycles. The number of aliphatic imine (C=N–C) groups is 1. The maximum atomic E-state index is 11.7. The molecule has 2 heterocycles. The molecule has 2 aliphatic rings. The zero-order valence-corrected chi connectivity index (χ0v) is 18.8. The number of guanidine groups is 1. The third kappa shape index (κ3) is 7.46. The Labute approximate surface area is 175 Å². The van der Waals surface area contributed by atoms with E-state index in [9.17, 15) is 4.79 Å². The number of hydrogen-bond donors (Lipinski definition) is 2. The summed E-state index contributed by atoms with van der Waals surface area (Å²) < 4.78 is 5.04. The molecule has 2 rings (SSSR count). The summed E-state index contributed by atoms with van der Waals surface area (Å²) >= 11 is 0. The van der Waals surface area contributed by atoms with Crippen molar-refractivity contribution in [2.75, 3.05) is 39.3 Å². The summed E-state index contributed by atoms with van der Waals surface area (Å²) in [5, 5.41) is 3.32. The van der Waals surface area contributed by atoms with E-state index in [1.165, 1.54) is 19.4 Å². The number of likely N-dealkylation sites (tertiary alicyclic amines) is 2. The summed E-state index contributed by atoms with van der Waals surface area (Å²) in [7, 11) is 0. The van der Waals surface area contributed by atoms with E-state index in [4.69, 9.17) is 10.5 Å². The van der Waals surface area contributed by atoms with E-state index in [1.54, 1.807) is 4.90 Å². The molecule has 2 fully saturated rings. The number of hydrogen-bond acceptors (Lipinski definition) is 4. The summed E-state index contributed by atoms with van der Waals surface area (Å²) in [6.45, 7) is 11.3. The van der Waals surface area contributed by atoms with Gasteiger partial charge in [0.25, 0.3) is 0 Å². The number of amides is 1. The molecule has 0 unspecified atom stereocenters. The largest absolute Gasteiger partial charge is 0.450 e. The van der Waals surface area contributed by atoms with Crippen molar-refractivity contribution in [3.05, 3.63) is 0 Å². The van der Waals surface area contributed by atoms with E-state index in [0.717, 1.165) is 25.9 Å². The predicted octanol–water partition coefficient (Wildman–Crippen LogP) is 2.25. The van der Waals surface area contributed by atoms with E-state index >= 15 is 0 Å². The van der Waals surface area contributed by atoms with E-state index in [-0.39, 0.29) is 36.1 Å². The van der Waals surface area contributed by atoms with Crippen LogP contribution in [0.4, 0.5) is 4.79 Å². The lowest BCUT2D eigenvalue weighted by molar-refractivity contribution is 0.0963. The van der Waals surface area contributed by atoms with Crippen LogP contribution in [0.25, 0.3) is 0 Å². The van der Waals surface area contributed by atoms with E-state index in [0.29, 0.717) is 37.6 Å². The number of nitrogens with two attached hydrogens (primary N) is 1. The average molecular weight is 481 g/mol. The van der Waals surface area contributed by atoms with Crippen molar-refractivity contribution in [2.24, 2.45) is 16.6 Å². The van der Waals surface area contributed by atoms with Gasteiger partial charge in [-0.3, -0.25) is 9.89 Å².